The third kappa shape index (κ3) is 5.43. The summed E-state index contributed by atoms with van der Waals surface area (Å²) in [6.07, 6.45) is 0. The first-order chi connectivity index (χ1) is 14.0. The van der Waals surface area contributed by atoms with E-state index in [4.69, 9.17) is 16.3 Å². The Hall–Kier alpha value is -1.87. The van der Waals surface area contributed by atoms with E-state index in [0.29, 0.717) is 32.3 Å². The van der Waals surface area contributed by atoms with Crippen molar-refractivity contribution < 1.29 is 23.4 Å². The van der Waals surface area contributed by atoms with Gasteiger partial charge in [-0.25, -0.2) is 13.6 Å². The highest BCUT2D eigenvalue weighted by atomic mass is 35.5. The van der Waals surface area contributed by atoms with Crippen LogP contribution in [0.25, 0.3) is 10.9 Å². The molecule has 0 bridgehead atoms. The number of rotatable bonds is 8. The topological polar surface area (TPSA) is 51.5 Å². The number of halogens is 3. The molecule has 160 valence electrons. The third-order valence-corrected chi connectivity index (χ3v) is 7.47. The molecule has 0 saturated heterocycles. The molecule has 0 saturated carbocycles. The van der Waals surface area contributed by atoms with Gasteiger partial charge in [0.25, 0.3) is 0 Å². The molecule has 3 aromatic rings. The highest BCUT2D eigenvalue weighted by Crippen LogP contribution is 2.38. The normalized spacial score (nSPS) is 11.9. The predicted molar refractivity (Wildman–Crippen MR) is 118 cm³/mol. The zero-order valence-corrected chi connectivity index (χ0v) is 19.4. The Balaban J connectivity index is 1.97. The Morgan fingerprint density at radius 1 is 1.17 bits per heavy atom. The van der Waals surface area contributed by atoms with Gasteiger partial charge in [-0.1, -0.05) is 43.0 Å². The first-order valence-electron chi connectivity index (χ1n) is 9.32. The molecule has 0 aliphatic carbocycles. The maximum absolute atomic E-state index is 13.6. The van der Waals surface area contributed by atoms with Gasteiger partial charge in [0.15, 0.2) is 11.6 Å². The van der Waals surface area contributed by atoms with E-state index >= 15 is 0 Å². The summed E-state index contributed by atoms with van der Waals surface area (Å²) in [5, 5.41) is 10.7. The molecule has 30 heavy (non-hydrogen) atoms. The molecule has 0 aliphatic rings. The lowest BCUT2D eigenvalue weighted by Crippen LogP contribution is -2.22. The van der Waals surface area contributed by atoms with E-state index < -0.39 is 25.7 Å². The average Bonchev–Trinajstić information content (AvgIpc) is 3.00. The van der Waals surface area contributed by atoms with E-state index in [9.17, 15) is 18.7 Å². The Bertz CT molecular complexity index is 1100. The van der Waals surface area contributed by atoms with Crippen LogP contribution in [0.1, 0.15) is 10.5 Å². The van der Waals surface area contributed by atoms with Crippen molar-refractivity contribution in [1.29, 1.82) is 0 Å². The first kappa shape index (κ1) is 22.8. The fourth-order valence-electron chi connectivity index (χ4n) is 2.89. The molecular formula is C21H22ClF2NO3SSi. The number of benzene rings is 2. The lowest BCUT2D eigenvalue weighted by atomic mass is 10.2. The van der Waals surface area contributed by atoms with Crippen molar-refractivity contribution in [1.82, 2.24) is 4.57 Å². The average molecular weight is 470 g/mol. The minimum Gasteiger partial charge on any atom is -0.477 e. The summed E-state index contributed by atoms with van der Waals surface area (Å²) in [6.45, 7) is 7.36. The van der Waals surface area contributed by atoms with Crippen molar-refractivity contribution in [3.8, 4) is 0 Å². The largest absolute Gasteiger partial charge is 0.477 e. The number of hydrogen-bond acceptors (Lipinski definition) is 3. The maximum atomic E-state index is 13.6. The molecular weight excluding hydrogens is 448 g/mol. The van der Waals surface area contributed by atoms with E-state index in [1.165, 1.54) is 17.8 Å². The van der Waals surface area contributed by atoms with Gasteiger partial charge in [0.05, 0.1) is 5.52 Å². The van der Waals surface area contributed by atoms with E-state index in [1.807, 2.05) is 0 Å². The first-order valence-corrected chi connectivity index (χ1v) is 14.2. The van der Waals surface area contributed by atoms with E-state index in [0.717, 1.165) is 18.2 Å². The molecule has 0 unspecified atom stereocenters. The molecule has 0 spiro atoms. The number of aromatic nitrogens is 1. The number of nitrogens with zero attached hydrogens (tertiary/aromatic N) is 1. The summed E-state index contributed by atoms with van der Waals surface area (Å²) in [6, 6.07) is 9.49. The molecule has 1 N–H and O–H groups in total. The lowest BCUT2D eigenvalue weighted by Gasteiger charge is -2.16. The van der Waals surface area contributed by atoms with Crippen LogP contribution >= 0.6 is 23.4 Å². The van der Waals surface area contributed by atoms with E-state index in [2.05, 4.69) is 19.6 Å². The lowest BCUT2D eigenvalue weighted by molar-refractivity contribution is 0.0630. The Labute approximate surface area is 183 Å². The van der Waals surface area contributed by atoms with Crippen molar-refractivity contribution in [2.24, 2.45) is 0 Å². The van der Waals surface area contributed by atoms with Gasteiger partial charge in [-0.2, -0.15) is 0 Å². The second-order valence-corrected chi connectivity index (χ2v) is 15.3. The van der Waals surface area contributed by atoms with Gasteiger partial charge in [0.1, 0.15) is 12.4 Å². The van der Waals surface area contributed by atoms with E-state index in [1.54, 1.807) is 22.8 Å². The van der Waals surface area contributed by atoms with Crippen molar-refractivity contribution in [3.05, 3.63) is 58.7 Å². The highest BCUT2D eigenvalue weighted by Gasteiger charge is 2.19. The molecule has 0 fully saturated rings. The highest BCUT2D eigenvalue weighted by molar-refractivity contribution is 7.99. The number of carbonyl (C=O) groups is 1. The van der Waals surface area contributed by atoms with Crippen LogP contribution in [0, 0.1) is 11.6 Å². The molecule has 2 aromatic carbocycles. The van der Waals surface area contributed by atoms with Gasteiger partial charge in [-0.3, -0.25) is 0 Å². The van der Waals surface area contributed by atoms with Crippen molar-refractivity contribution in [2.45, 2.75) is 42.2 Å². The number of hydrogen-bond donors (Lipinski definition) is 1. The number of ether oxygens (including phenoxy) is 1. The summed E-state index contributed by atoms with van der Waals surface area (Å²) >= 11 is 7.47. The summed E-state index contributed by atoms with van der Waals surface area (Å²) < 4.78 is 34.2. The van der Waals surface area contributed by atoms with Crippen molar-refractivity contribution >= 4 is 48.3 Å². The smallest absolute Gasteiger partial charge is 0.352 e. The zero-order valence-electron chi connectivity index (χ0n) is 16.8. The summed E-state index contributed by atoms with van der Waals surface area (Å²) in [5.74, 6) is -2.96. The molecule has 1 heterocycles. The summed E-state index contributed by atoms with van der Waals surface area (Å²) in [4.78, 5) is 12.9. The Kier molecular flexibility index (Phi) is 6.91. The van der Waals surface area contributed by atoms with E-state index in [-0.39, 0.29) is 12.4 Å². The molecule has 9 heteroatoms. The van der Waals surface area contributed by atoms with Gasteiger partial charge in [-0.15, -0.1) is 0 Å². The van der Waals surface area contributed by atoms with Crippen LogP contribution in [0.2, 0.25) is 30.7 Å². The van der Waals surface area contributed by atoms with Crippen LogP contribution in [0.3, 0.4) is 0 Å². The van der Waals surface area contributed by atoms with Gasteiger partial charge in [0.2, 0.25) is 0 Å². The van der Waals surface area contributed by atoms with Crippen LogP contribution < -0.4 is 0 Å². The van der Waals surface area contributed by atoms with Crippen LogP contribution in [-0.2, 0) is 11.5 Å². The number of fused-ring (bicyclic) bond motifs is 1. The fraction of sp³-hybridized carbons (Fsp3) is 0.286. The predicted octanol–water partition coefficient (Wildman–Crippen LogP) is 6.73. The molecule has 0 radical (unpaired) electrons. The van der Waals surface area contributed by atoms with Crippen molar-refractivity contribution in [3.63, 3.8) is 0 Å². The Morgan fingerprint density at radius 3 is 2.53 bits per heavy atom. The van der Waals surface area contributed by atoms with Gasteiger partial charge >= 0.3 is 5.97 Å². The number of carboxylic acid groups (broad SMARTS) is 1. The van der Waals surface area contributed by atoms with Crippen LogP contribution in [0.15, 0.2) is 46.2 Å². The number of aromatic carboxylic acids is 1. The van der Waals surface area contributed by atoms with Gasteiger partial charge in [-0.05, 0) is 42.4 Å². The second-order valence-electron chi connectivity index (χ2n) is 8.13. The van der Waals surface area contributed by atoms with Crippen LogP contribution in [0.4, 0.5) is 8.78 Å². The summed E-state index contributed by atoms with van der Waals surface area (Å²) in [5.41, 5.74) is 0.686. The van der Waals surface area contributed by atoms with Crippen LogP contribution in [0.5, 0.6) is 0 Å². The molecule has 1 aromatic heterocycles. The van der Waals surface area contributed by atoms with Gasteiger partial charge in [0, 0.05) is 34.9 Å². The Morgan fingerprint density at radius 2 is 1.90 bits per heavy atom. The standard InChI is InChI=1S/C21H22ClF2NO3SSi/c1-30(2,3)7-6-28-12-25-18-8-13(22)9-20(15(18)11-19(25)21(26)27)29-14-4-5-16(23)17(24)10-14/h4-5,8-11H,6-7,12H2,1-3H3,(H,26,27). The quantitative estimate of drug-likeness (QED) is 0.293. The van der Waals surface area contributed by atoms with Crippen LogP contribution in [-0.4, -0.2) is 30.3 Å². The fourth-order valence-corrected chi connectivity index (χ4v) is 4.94. The second kappa shape index (κ2) is 9.09. The summed E-state index contributed by atoms with van der Waals surface area (Å²) in [7, 11) is -1.27. The molecule has 4 nitrogen and oxygen atoms in total. The minimum atomic E-state index is -1.27. The zero-order chi connectivity index (χ0) is 22.1. The minimum absolute atomic E-state index is 0.0763. The molecule has 0 atom stereocenters. The van der Waals surface area contributed by atoms with Gasteiger partial charge < -0.3 is 14.4 Å². The number of carboxylic acids is 1. The molecule has 0 amide bonds. The SMILES string of the molecule is C[Si](C)(C)CCOCn1c(C(=O)O)cc2c(Sc3ccc(F)c(F)c3)cc(Cl)cc21. The molecule has 3 rings (SSSR count). The van der Waals surface area contributed by atoms with Crippen molar-refractivity contribution in [2.75, 3.05) is 6.61 Å². The monoisotopic (exact) mass is 469 g/mol. The third-order valence-electron chi connectivity index (χ3n) is 4.50. The maximum Gasteiger partial charge on any atom is 0.352 e. The molecule has 0 aliphatic heterocycles.